The van der Waals surface area contributed by atoms with Gasteiger partial charge in [-0.25, -0.2) is 9.07 Å². The number of amides is 1. The summed E-state index contributed by atoms with van der Waals surface area (Å²) in [6.45, 7) is 1.01. The number of para-hydroxylation sites is 1. The van der Waals surface area contributed by atoms with E-state index in [9.17, 15) is 9.18 Å². The first-order chi connectivity index (χ1) is 10.7. The molecule has 0 spiro atoms. The van der Waals surface area contributed by atoms with Gasteiger partial charge in [-0.2, -0.15) is 0 Å². The van der Waals surface area contributed by atoms with E-state index in [0.29, 0.717) is 18.8 Å². The number of methoxy groups -OCH3 is 1. The van der Waals surface area contributed by atoms with Gasteiger partial charge in [0.15, 0.2) is 11.6 Å². The van der Waals surface area contributed by atoms with Crippen LogP contribution in [0.1, 0.15) is 5.69 Å². The summed E-state index contributed by atoms with van der Waals surface area (Å²) in [6, 6.07) is 6.11. The molecule has 7 nitrogen and oxygen atoms in total. The van der Waals surface area contributed by atoms with Crippen LogP contribution in [0.3, 0.4) is 0 Å². The lowest BCUT2D eigenvalue weighted by molar-refractivity contribution is -0.122. The third-order valence-electron chi connectivity index (χ3n) is 2.73. The molecule has 2 rings (SSSR count). The van der Waals surface area contributed by atoms with Crippen molar-refractivity contribution in [1.82, 2.24) is 20.3 Å². The van der Waals surface area contributed by atoms with Crippen molar-refractivity contribution in [3.05, 3.63) is 42.0 Å². The molecule has 1 amide bonds. The minimum atomic E-state index is -0.438. The van der Waals surface area contributed by atoms with Gasteiger partial charge in [0.1, 0.15) is 18.8 Å². The van der Waals surface area contributed by atoms with Crippen molar-refractivity contribution < 1.29 is 18.7 Å². The summed E-state index contributed by atoms with van der Waals surface area (Å²) in [6.07, 6.45) is 1.58. The largest absolute Gasteiger partial charge is 0.484 e. The normalized spacial score (nSPS) is 10.5. The zero-order valence-electron chi connectivity index (χ0n) is 12.2. The van der Waals surface area contributed by atoms with Gasteiger partial charge in [-0.05, 0) is 12.1 Å². The number of carbonyl (C=O) groups is 1. The van der Waals surface area contributed by atoms with Gasteiger partial charge in [-0.1, -0.05) is 17.3 Å². The number of hydrogen-bond acceptors (Lipinski definition) is 5. The van der Waals surface area contributed by atoms with Crippen LogP contribution < -0.4 is 10.1 Å². The molecule has 0 bridgehead atoms. The van der Waals surface area contributed by atoms with E-state index in [2.05, 4.69) is 15.6 Å². The summed E-state index contributed by atoms with van der Waals surface area (Å²) in [4.78, 5) is 11.6. The second kappa shape index (κ2) is 8.08. The van der Waals surface area contributed by atoms with Gasteiger partial charge in [0.2, 0.25) is 5.91 Å². The molecule has 0 aliphatic heterocycles. The molecule has 1 N–H and O–H groups in total. The van der Waals surface area contributed by atoms with Gasteiger partial charge in [0.05, 0.1) is 12.8 Å². The number of nitrogens with one attached hydrogen (secondary N) is 1. The van der Waals surface area contributed by atoms with E-state index in [0.717, 1.165) is 0 Å². The molecule has 1 heterocycles. The van der Waals surface area contributed by atoms with Gasteiger partial charge in [-0.3, -0.25) is 4.79 Å². The fourth-order valence-electron chi connectivity index (χ4n) is 1.69. The lowest BCUT2D eigenvalue weighted by atomic mass is 10.3. The molecule has 1 aromatic heterocycles. The number of carbonyl (C=O) groups excluding carboxylic acids is 1. The van der Waals surface area contributed by atoms with Crippen molar-refractivity contribution in [2.75, 3.05) is 20.3 Å². The van der Waals surface area contributed by atoms with E-state index >= 15 is 0 Å². The molecule has 8 heteroatoms. The number of rotatable bonds is 8. The fourth-order valence-corrected chi connectivity index (χ4v) is 1.69. The van der Waals surface area contributed by atoms with Crippen molar-refractivity contribution in [2.45, 2.75) is 13.2 Å². The highest BCUT2D eigenvalue weighted by Crippen LogP contribution is 2.16. The van der Waals surface area contributed by atoms with Gasteiger partial charge in [0.25, 0.3) is 0 Å². The van der Waals surface area contributed by atoms with E-state index < -0.39 is 5.82 Å². The van der Waals surface area contributed by atoms with Crippen LogP contribution in [-0.2, 0) is 22.7 Å². The minimum Gasteiger partial charge on any atom is -0.484 e. The quantitative estimate of drug-likeness (QED) is 0.728. The van der Waals surface area contributed by atoms with E-state index in [4.69, 9.17) is 9.47 Å². The molecule has 0 aliphatic carbocycles. The second-order valence-corrected chi connectivity index (χ2v) is 4.47. The Morgan fingerprint density at radius 1 is 1.41 bits per heavy atom. The van der Waals surface area contributed by atoms with E-state index in [1.54, 1.807) is 25.4 Å². The lowest BCUT2D eigenvalue weighted by Gasteiger charge is -2.04. The molecule has 0 radical (unpaired) electrons. The highest BCUT2D eigenvalue weighted by atomic mass is 19.1. The molecule has 0 fully saturated rings. The van der Waals surface area contributed by atoms with Gasteiger partial charge < -0.3 is 14.8 Å². The molecule has 0 atom stereocenters. The maximum Gasteiger partial charge on any atom is 0.241 e. The zero-order valence-corrected chi connectivity index (χ0v) is 12.2. The standard InChI is InChI=1S/C14H17FN4O3/c1-21-7-6-16-14(20)9-19-8-11(17-18-19)10-22-13-5-3-2-4-12(13)15/h2-5,8H,6-7,9-10H2,1H3,(H,16,20). The van der Waals surface area contributed by atoms with E-state index in [1.165, 1.54) is 16.8 Å². The van der Waals surface area contributed by atoms with Crippen molar-refractivity contribution in [1.29, 1.82) is 0 Å². The Labute approximate surface area is 127 Å². The SMILES string of the molecule is COCCNC(=O)Cn1cc(COc2ccccc2F)nn1. The molecule has 0 saturated heterocycles. The van der Waals surface area contributed by atoms with Crippen molar-refractivity contribution in [3.8, 4) is 5.75 Å². The third kappa shape index (κ3) is 4.81. The van der Waals surface area contributed by atoms with Crippen molar-refractivity contribution >= 4 is 5.91 Å². The summed E-state index contributed by atoms with van der Waals surface area (Å²) in [5.74, 6) is -0.481. The van der Waals surface area contributed by atoms with Crippen LogP contribution >= 0.6 is 0 Å². The first kappa shape index (κ1) is 15.9. The molecule has 0 unspecified atom stereocenters. The van der Waals surface area contributed by atoms with Crippen LogP contribution in [0, 0.1) is 5.82 Å². The first-order valence-electron chi connectivity index (χ1n) is 6.71. The first-order valence-corrected chi connectivity index (χ1v) is 6.71. The number of benzene rings is 1. The summed E-state index contributed by atoms with van der Waals surface area (Å²) in [5.41, 5.74) is 0.507. The smallest absolute Gasteiger partial charge is 0.241 e. The topological polar surface area (TPSA) is 78.3 Å². The van der Waals surface area contributed by atoms with Crippen LogP contribution in [0.5, 0.6) is 5.75 Å². The number of nitrogens with zero attached hydrogens (tertiary/aromatic N) is 3. The Morgan fingerprint density at radius 3 is 3.00 bits per heavy atom. The molecule has 0 aliphatic rings. The van der Waals surface area contributed by atoms with Gasteiger partial charge in [0, 0.05) is 13.7 Å². The Kier molecular flexibility index (Phi) is 5.84. The van der Waals surface area contributed by atoms with E-state index in [1.807, 2.05) is 0 Å². The maximum atomic E-state index is 13.4. The molecular weight excluding hydrogens is 291 g/mol. The summed E-state index contributed by atoms with van der Waals surface area (Å²) in [7, 11) is 1.56. The average molecular weight is 308 g/mol. The summed E-state index contributed by atoms with van der Waals surface area (Å²) >= 11 is 0. The molecule has 118 valence electrons. The Hall–Kier alpha value is -2.48. The molecule has 2 aromatic rings. The molecule has 22 heavy (non-hydrogen) atoms. The third-order valence-corrected chi connectivity index (χ3v) is 2.73. The number of aromatic nitrogens is 3. The summed E-state index contributed by atoms with van der Waals surface area (Å²) in [5, 5.41) is 10.4. The second-order valence-electron chi connectivity index (χ2n) is 4.47. The number of ether oxygens (including phenoxy) is 2. The average Bonchev–Trinajstić information content (AvgIpc) is 2.94. The Balaban J connectivity index is 1.81. The van der Waals surface area contributed by atoms with Gasteiger partial charge in [-0.15, -0.1) is 5.10 Å². The number of halogens is 1. The van der Waals surface area contributed by atoms with Crippen molar-refractivity contribution in [3.63, 3.8) is 0 Å². The van der Waals surface area contributed by atoms with Gasteiger partial charge >= 0.3 is 0 Å². The summed E-state index contributed by atoms with van der Waals surface area (Å²) < 4.78 is 24.9. The Bertz CT molecular complexity index is 618. The highest BCUT2D eigenvalue weighted by Gasteiger charge is 2.07. The maximum absolute atomic E-state index is 13.4. The van der Waals surface area contributed by atoms with Crippen LogP contribution in [-0.4, -0.2) is 41.2 Å². The number of hydrogen-bond donors (Lipinski definition) is 1. The zero-order chi connectivity index (χ0) is 15.8. The van der Waals surface area contributed by atoms with E-state index in [-0.39, 0.29) is 24.8 Å². The van der Waals surface area contributed by atoms with Crippen LogP contribution in [0.2, 0.25) is 0 Å². The predicted molar refractivity (Wildman–Crippen MR) is 75.6 cm³/mol. The monoisotopic (exact) mass is 308 g/mol. The lowest BCUT2D eigenvalue weighted by Crippen LogP contribution is -2.30. The predicted octanol–water partition coefficient (Wildman–Crippen LogP) is 0.759. The highest BCUT2D eigenvalue weighted by molar-refractivity contribution is 5.75. The molecule has 0 saturated carbocycles. The van der Waals surface area contributed by atoms with Crippen LogP contribution in [0.25, 0.3) is 0 Å². The van der Waals surface area contributed by atoms with Crippen LogP contribution in [0.4, 0.5) is 4.39 Å². The molecule has 1 aromatic carbocycles. The minimum absolute atomic E-state index is 0.0520. The van der Waals surface area contributed by atoms with Crippen molar-refractivity contribution in [2.24, 2.45) is 0 Å². The Morgan fingerprint density at radius 2 is 2.23 bits per heavy atom. The molecular formula is C14H17FN4O3. The van der Waals surface area contributed by atoms with Crippen LogP contribution in [0.15, 0.2) is 30.5 Å². The fraction of sp³-hybridized carbons (Fsp3) is 0.357.